The molecule has 41 valence electrons. The summed E-state index contributed by atoms with van der Waals surface area (Å²) in [5.41, 5.74) is 0.713. The van der Waals surface area contributed by atoms with Gasteiger partial charge in [0.2, 0.25) is 0 Å². The highest BCUT2D eigenvalue weighted by Crippen LogP contribution is 1.71. The fourth-order valence-electron chi connectivity index (χ4n) is 0.511. The Morgan fingerprint density at radius 2 is 2.62 bits per heavy atom. The molecule has 0 atom stereocenters. The van der Waals surface area contributed by atoms with E-state index in [2.05, 4.69) is 5.10 Å². The Kier molecular flexibility index (Phi) is 1.35. The third kappa shape index (κ3) is 0.744. The van der Waals surface area contributed by atoms with Gasteiger partial charge in [0.1, 0.15) is 0 Å². The largest absolute Gasteiger partial charge is 0.449 e. The first-order valence-corrected chi connectivity index (χ1v) is 2.30. The maximum atomic E-state index is 8.42. The molecule has 0 bridgehead atoms. The van der Waals surface area contributed by atoms with Crippen molar-refractivity contribution in [1.82, 2.24) is 9.78 Å². The van der Waals surface area contributed by atoms with Gasteiger partial charge in [-0.15, -0.1) is 0 Å². The molecule has 0 aliphatic heterocycles. The highest BCUT2D eigenvalue weighted by Gasteiger charge is 1.94. The average molecular weight is 109 g/mol. The van der Waals surface area contributed by atoms with Gasteiger partial charge in [0, 0.05) is 18.8 Å². The van der Waals surface area contributed by atoms with E-state index in [1.165, 1.54) is 0 Å². The monoisotopic (exact) mass is 109 g/mol. The molecule has 1 aromatic rings. The van der Waals surface area contributed by atoms with Crippen LogP contribution in [0.15, 0.2) is 12.3 Å². The molecule has 1 N–H and O–H groups in total. The summed E-state index contributed by atoms with van der Waals surface area (Å²) in [7, 11) is 2.79. The van der Waals surface area contributed by atoms with Crippen molar-refractivity contribution in [3.05, 3.63) is 12.3 Å². The van der Waals surface area contributed by atoms with E-state index in [1.807, 2.05) is 0 Å². The van der Waals surface area contributed by atoms with Crippen LogP contribution in [0.2, 0.25) is 0 Å². The maximum absolute atomic E-state index is 8.42. The van der Waals surface area contributed by atoms with E-state index in [1.54, 1.807) is 24.0 Å². The van der Waals surface area contributed by atoms with Crippen LogP contribution in [0.5, 0.6) is 0 Å². The molecular weight excluding hydrogens is 103 g/mol. The van der Waals surface area contributed by atoms with Crippen molar-refractivity contribution in [3.8, 4) is 0 Å². The summed E-state index contributed by atoms with van der Waals surface area (Å²) in [5.74, 6) is 0. The van der Waals surface area contributed by atoms with Crippen molar-refractivity contribution in [2.75, 3.05) is 0 Å². The lowest BCUT2D eigenvalue weighted by Gasteiger charge is -1.90. The summed E-state index contributed by atoms with van der Waals surface area (Å²) < 4.78 is 1.58. The molecule has 0 aromatic carbocycles. The minimum absolute atomic E-state index is 0.713. The summed E-state index contributed by atoms with van der Waals surface area (Å²) in [4.78, 5) is 0. The number of hydrogen-bond acceptors (Lipinski definition) is 2. The number of hydrogen-bond donors (Lipinski definition) is 1. The van der Waals surface area contributed by atoms with Crippen molar-refractivity contribution in [2.24, 2.45) is 7.05 Å². The topological polar surface area (TPSA) is 38.0 Å². The van der Waals surface area contributed by atoms with E-state index in [4.69, 9.17) is 5.02 Å². The minimum Gasteiger partial charge on any atom is -0.449 e. The second-order valence-electron chi connectivity index (χ2n) is 1.51. The quantitative estimate of drug-likeness (QED) is 0.453. The van der Waals surface area contributed by atoms with Gasteiger partial charge in [-0.05, 0) is 6.07 Å². The van der Waals surface area contributed by atoms with Gasteiger partial charge < -0.3 is 5.02 Å². The average Bonchev–Trinajstić information content (AvgIpc) is 2.14. The second kappa shape index (κ2) is 2.00. The smallest absolute Gasteiger partial charge is 0.347 e. The highest BCUT2D eigenvalue weighted by atomic mass is 16.2. The van der Waals surface area contributed by atoms with Crippen LogP contribution in [-0.2, 0) is 7.05 Å². The third-order valence-electron chi connectivity index (χ3n) is 0.991. The van der Waals surface area contributed by atoms with Gasteiger partial charge in [-0.2, -0.15) is 5.10 Å². The van der Waals surface area contributed by atoms with E-state index < -0.39 is 0 Å². The van der Waals surface area contributed by atoms with Gasteiger partial charge in [-0.1, -0.05) is 0 Å². The molecule has 3 nitrogen and oxygen atoms in total. The summed E-state index contributed by atoms with van der Waals surface area (Å²) in [6.45, 7) is 0. The molecule has 0 fully saturated rings. The molecule has 0 unspecified atom stereocenters. The van der Waals surface area contributed by atoms with E-state index >= 15 is 0 Å². The van der Waals surface area contributed by atoms with E-state index in [0.29, 0.717) is 5.59 Å². The Labute approximate surface area is 48.2 Å². The van der Waals surface area contributed by atoms with Crippen molar-refractivity contribution < 1.29 is 5.02 Å². The normalized spacial score (nSPS) is 9.25. The zero-order valence-corrected chi connectivity index (χ0v) is 4.57. The van der Waals surface area contributed by atoms with Gasteiger partial charge >= 0.3 is 7.48 Å². The van der Waals surface area contributed by atoms with Crippen LogP contribution in [0.3, 0.4) is 0 Å². The molecule has 0 amide bonds. The van der Waals surface area contributed by atoms with Crippen molar-refractivity contribution >= 4 is 13.1 Å². The van der Waals surface area contributed by atoms with Gasteiger partial charge in [0.15, 0.2) is 0 Å². The predicted octanol–water partition coefficient (Wildman–Crippen LogP) is -1.34. The number of aromatic nitrogens is 2. The fourth-order valence-corrected chi connectivity index (χ4v) is 0.511. The molecule has 1 radical (unpaired) electrons. The van der Waals surface area contributed by atoms with Crippen LogP contribution in [0.1, 0.15) is 0 Å². The molecule has 0 aliphatic carbocycles. The number of aryl methyl sites for hydroxylation is 1. The molecule has 4 heteroatoms. The maximum Gasteiger partial charge on any atom is 0.347 e. The Balaban J connectivity index is 2.92. The zero-order chi connectivity index (χ0) is 5.98. The van der Waals surface area contributed by atoms with Gasteiger partial charge in [0.05, 0.1) is 0 Å². The van der Waals surface area contributed by atoms with Crippen LogP contribution in [0.25, 0.3) is 0 Å². The van der Waals surface area contributed by atoms with Crippen LogP contribution >= 0.6 is 0 Å². The first kappa shape index (κ1) is 5.37. The SMILES string of the molecule is Cn1nccc1[B]O. The van der Waals surface area contributed by atoms with E-state index in [9.17, 15) is 0 Å². The molecule has 1 aromatic heterocycles. The van der Waals surface area contributed by atoms with E-state index in [-0.39, 0.29) is 0 Å². The number of rotatable bonds is 1. The van der Waals surface area contributed by atoms with Crippen molar-refractivity contribution in [2.45, 2.75) is 0 Å². The van der Waals surface area contributed by atoms with Crippen molar-refractivity contribution in [3.63, 3.8) is 0 Å². The van der Waals surface area contributed by atoms with Crippen LogP contribution < -0.4 is 5.59 Å². The zero-order valence-electron chi connectivity index (χ0n) is 4.57. The summed E-state index contributed by atoms with van der Waals surface area (Å²) in [6, 6.07) is 1.72. The lowest BCUT2D eigenvalue weighted by molar-refractivity contribution is 0.609. The molecule has 0 saturated heterocycles. The van der Waals surface area contributed by atoms with Gasteiger partial charge in [-0.25, -0.2) is 0 Å². The first-order chi connectivity index (χ1) is 3.84. The third-order valence-corrected chi connectivity index (χ3v) is 0.991. The Morgan fingerprint density at radius 3 is 2.88 bits per heavy atom. The second-order valence-corrected chi connectivity index (χ2v) is 1.51. The Bertz CT molecular complexity index is 174. The Morgan fingerprint density at radius 1 is 1.88 bits per heavy atom. The molecule has 1 heterocycles. The molecular formula is C4H6BN2O. The van der Waals surface area contributed by atoms with Gasteiger partial charge in [-0.3, -0.25) is 4.68 Å². The predicted molar refractivity (Wildman–Crippen MR) is 30.8 cm³/mol. The molecule has 0 aliphatic rings. The lowest BCUT2D eigenvalue weighted by atomic mass is 9.97. The minimum atomic E-state index is 0.713. The van der Waals surface area contributed by atoms with Crippen LogP contribution in [-0.4, -0.2) is 22.3 Å². The lowest BCUT2D eigenvalue weighted by Crippen LogP contribution is -2.21. The fraction of sp³-hybridized carbons (Fsp3) is 0.250. The number of nitrogens with zero attached hydrogens (tertiary/aromatic N) is 2. The van der Waals surface area contributed by atoms with Gasteiger partial charge in [0.25, 0.3) is 0 Å². The molecule has 8 heavy (non-hydrogen) atoms. The summed E-state index contributed by atoms with van der Waals surface area (Å²) >= 11 is 0. The Hall–Kier alpha value is -0.765. The molecule has 0 spiro atoms. The summed E-state index contributed by atoms with van der Waals surface area (Å²) in [6.07, 6.45) is 1.63. The summed E-state index contributed by atoms with van der Waals surface area (Å²) in [5, 5.41) is 12.2. The molecule has 0 saturated carbocycles. The van der Waals surface area contributed by atoms with Crippen molar-refractivity contribution in [1.29, 1.82) is 0 Å². The standard InChI is InChI=1S/C4H6BN2O/c1-7-4(5-8)2-3-6-7/h2-3,8H,1H3. The first-order valence-electron chi connectivity index (χ1n) is 2.30. The van der Waals surface area contributed by atoms with Crippen LogP contribution in [0, 0.1) is 0 Å². The van der Waals surface area contributed by atoms with E-state index in [0.717, 1.165) is 7.48 Å². The van der Waals surface area contributed by atoms with Crippen LogP contribution in [0.4, 0.5) is 0 Å². The highest BCUT2D eigenvalue weighted by molar-refractivity contribution is 6.44. The molecule has 1 rings (SSSR count).